The molecule has 0 bridgehead atoms. The largest absolute Gasteiger partial charge is 0.465 e. The van der Waals surface area contributed by atoms with E-state index in [-0.39, 0.29) is 5.91 Å². The lowest BCUT2D eigenvalue weighted by Gasteiger charge is -2.32. The summed E-state index contributed by atoms with van der Waals surface area (Å²) in [6, 6.07) is 18.9. The molecule has 2 aliphatic heterocycles. The second kappa shape index (κ2) is 8.45. The molecule has 1 N–H and O–H groups in total. The zero-order valence-electron chi connectivity index (χ0n) is 16.2. The Hall–Kier alpha value is -3.29. The number of halogens is 1. The Morgan fingerprint density at radius 3 is 2.81 bits per heavy atom. The fourth-order valence-electron chi connectivity index (χ4n) is 3.37. The van der Waals surface area contributed by atoms with Crippen LogP contribution >= 0.6 is 23.4 Å². The summed E-state index contributed by atoms with van der Waals surface area (Å²) in [5, 5.41) is 12.0. The van der Waals surface area contributed by atoms with E-state index in [4.69, 9.17) is 26.1 Å². The van der Waals surface area contributed by atoms with Crippen LogP contribution in [0.15, 0.2) is 87.5 Å². The number of benzene rings is 2. The Balaban J connectivity index is 1.51. The molecular formula is C23H17ClN4O2S. The third-order valence-electron chi connectivity index (χ3n) is 4.84. The van der Waals surface area contributed by atoms with Crippen molar-refractivity contribution in [2.45, 2.75) is 11.9 Å². The van der Waals surface area contributed by atoms with Crippen LogP contribution in [0.25, 0.3) is 11.8 Å². The van der Waals surface area contributed by atoms with Gasteiger partial charge in [0.05, 0.1) is 11.6 Å². The second-order valence-corrected chi connectivity index (χ2v) is 8.24. The summed E-state index contributed by atoms with van der Waals surface area (Å²) in [5.41, 5.74) is 1.45. The number of furan rings is 1. The average Bonchev–Trinajstić information content (AvgIpc) is 3.30. The maximum absolute atomic E-state index is 13.1. The van der Waals surface area contributed by atoms with Gasteiger partial charge in [0.1, 0.15) is 11.5 Å². The van der Waals surface area contributed by atoms with Gasteiger partial charge in [-0.15, -0.1) is 5.10 Å². The molecule has 0 saturated carbocycles. The predicted octanol–water partition coefficient (Wildman–Crippen LogP) is 3.35. The minimum atomic E-state index is -0.475. The molecule has 3 heterocycles. The maximum atomic E-state index is 13.1. The highest BCUT2D eigenvalue weighted by molar-refractivity contribution is 8.13. The molecule has 1 amide bonds. The highest BCUT2D eigenvalue weighted by Gasteiger charge is 2.32. The molecule has 6 nitrogen and oxygen atoms in total. The Morgan fingerprint density at radius 1 is 1.13 bits per heavy atom. The third-order valence-corrected chi connectivity index (χ3v) is 6.12. The summed E-state index contributed by atoms with van der Waals surface area (Å²) < 4.78 is 5.39. The van der Waals surface area contributed by atoms with Crippen molar-refractivity contribution in [2.75, 3.05) is 0 Å². The molecule has 0 radical (unpaired) electrons. The van der Waals surface area contributed by atoms with Crippen molar-refractivity contribution < 1.29 is 9.21 Å². The number of amides is 1. The number of carbonyl (C=O) groups is 1. The first kappa shape index (κ1) is 19.7. The average molecular weight is 449 g/mol. The smallest absolute Gasteiger partial charge is 0.276 e. The number of nitrogens with zero attached hydrogens (tertiary/aromatic N) is 3. The molecule has 31 heavy (non-hydrogen) atoms. The molecule has 154 valence electrons. The van der Waals surface area contributed by atoms with E-state index in [1.54, 1.807) is 11.3 Å². The minimum absolute atomic E-state index is 0.213. The van der Waals surface area contributed by atoms with E-state index in [1.165, 1.54) is 11.8 Å². The molecule has 1 atom stereocenters. The van der Waals surface area contributed by atoms with Crippen molar-refractivity contribution in [2.24, 2.45) is 10.1 Å². The SMILES string of the molecule is O=C1NC(SCc2ccccc2Cl)=NN2C1=c1ccccc1=NC2/C=C/c1ccco1. The summed E-state index contributed by atoms with van der Waals surface area (Å²) in [6.45, 7) is 0. The summed E-state index contributed by atoms with van der Waals surface area (Å²) in [7, 11) is 0. The van der Waals surface area contributed by atoms with E-state index >= 15 is 0 Å². The number of rotatable bonds is 4. The maximum Gasteiger partial charge on any atom is 0.276 e. The van der Waals surface area contributed by atoms with Crippen LogP contribution in [0.3, 0.4) is 0 Å². The number of hydrogen-bond donors (Lipinski definition) is 1. The van der Waals surface area contributed by atoms with Gasteiger partial charge in [0.25, 0.3) is 5.91 Å². The van der Waals surface area contributed by atoms with E-state index in [0.29, 0.717) is 27.4 Å². The van der Waals surface area contributed by atoms with Gasteiger partial charge in [0, 0.05) is 16.0 Å². The van der Waals surface area contributed by atoms with Crippen molar-refractivity contribution in [1.29, 1.82) is 0 Å². The number of thioether (sulfide) groups is 1. The lowest BCUT2D eigenvalue weighted by Crippen LogP contribution is -2.52. The van der Waals surface area contributed by atoms with E-state index in [1.807, 2.05) is 72.8 Å². The standard InChI is InChI=1S/C23H17ClN4O2S/c24-18-9-3-1-6-15(18)14-31-23-26-22(29)21-17-8-2-4-10-19(17)25-20(28(21)27-23)12-11-16-7-5-13-30-16/h1-13,20H,14H2,(H,26,27,29)/b12-11+. The number of hydrogen-bond acceptors (Lipinski definition) is 6. The molecule has 3 aromatic rings. The Morgan fingerprint density at radius 2 is 1.97 bits per heavy atom. The third kappa shape index (κ3) is 4.02. The fourth-order valence-corrected chi connectivity index (χ4v) is 4.51. The zero-order valence-corrected chi connectivity index (χ0v) is 17.8. The number of para-hydroxylation sites is 1. The quantitative estimate of drug-likeness (QED) is 0.664. The molecule has 8 heteroatoms. The van der Waals surface area contributed by atoms with Crippen LogP contribution in [0.5, 0.6) is 0 Å². The molecule has 0 fully saturated rings. The van der Waals surface area contributed by atoms with Crippen LogP contribution in [0.4, 0.5) is 0 Å². The van der Waals surface area contributed by atoms with Crippen LogP contribution in [0.1, 0.15) is 11.3 Å². The number of nitrogens with one attached hydrogen (secondary N) is 1. The van der Waals surface area contributed by atoms with Crippen molar-refractivity contribution in [3.8, 4) is 0 Å². The molecule has 0 spiro atoms. The molecule has 1 unspecified atom stereocenters. The van der Waals surface area contributed by atoms with Crippen LogP contribution in [-0.2, 0) is 10.5 Å². The first-order chi connectivity index (χ1) is 15.2. The number of fused-ring (bicyclic) bond motifs is 2. The van der Waals surface area contributed by atoms with Gasteiger partial charge in [-0.2, -0.15) is 0 Å². The van der Waals surface area contributed by atoms with Crippen molar-refractivity contribution in [3.63, 3.8) is 0 Å². The van der Waals surface area contributed by atoms with Crippen LogP contribution in [0.2, 0.25) is 5.02 Å². The van der Waals surface area contributed by atoms with Crippen molar-refractivity contribution in [3.05, 3.63) is 99.9 Å². The lowest BCUT2D eigenvalue weighted by molar-refractivity contribution is -0.116. The van der Waals surface area contributed by atoms with E-state index in [2.05, 4.69) is 5.32 Å². The lowest BCUT2D eigenvalue weighted by atomic mass is 10.1. The van der Waals surface area contributed by atoms with Gasteiger partial charge in [-0.1, -0.05) is 59.8 Å². The predicted molar refractivity (Wildman–Crippen MR) is 122 cm³/mol. The molecule has 5 rings (SSSR count). The number of hydrazone groups is 1. The van der Waals surface area contributed by atoms with Gasteiger partial charge in [0.2, 0.25) is 0 Å². The topological polar surface area (TPSA) is 70.2 Å². The van der Waals surface area contributed by atoms with E-state index in [0.717, 1.165) is 16.1 Å². The highest BCUT2D eigenvalue weighted by Crippen LogP contribution is 2.25. The fraction of sp³-hybridized carbons (Fsp3) is 0.0870. The number of carbonyl (C=O) groups excluding carboxylic acids is 1. The first-order valence-electron chi connectivity index (χ1n) is 9.63. The number of amidine groups is 1. The van der Waals surface area contributed by atoms with Crippen molar-refractivity contribution >= 4 is 46.2 Å². The summed E-state index contributed by atoms with van der Waals surface area (Å²) in [5.74, 6) is 1.08. The Labute approximate surface area is 187 Å². The molecule has 0 aliphatic carbocycles. The molecule has 0 saturated heterocycles. The molecule has 1 aromatic heterocycles. The summed E-state index contributed by atoms with van der Waals surface area (Å²) in [4.78, 5) is 17.9. The highest BCUT2D eigenvalue weighted by atomic mass is 35.5. The van der Waals surface area contributed by atoms with Gasteiger partial charge in [0.15, 0.2) is 11.3 Å². The van der Waals surface area contributed by atoms with Gasteiger partial charge >= 0.3 is 0 Å². The van der Waals surface area contributed by atoms with Crippen molar-refractivity contribution in [1.82, 2.24) is 10.3 Å². The van der Waals surface area contributed by atoms with Crippen LogP contribution < -0.4 is 15.9 Å². The Bertz CT molecular complexity index is 1320. The molecule has 2 aromatic carbocycles. The summed E-state index contributed by atoms with van der Waals surface area (Å²) >= 11 is 7.68. The normalized spacial score (nSPS) is 17.6. The van der Waals surface area contributed by atoms with E-state index in [9.17, 15) is 4.79 Å². The van der Waals surface area contributed by atoms with Crippen LogP contribution in [0, 0.1) is 0 Å². The van der Waals surface area contributed by atoms with Gasteiger partial charge in [-0.25, -0.2) is 5.01 Å². The van der Waals surface area contributed by atoms with Gasteiger partial charge in [-0.3, -0.25) is 15.1 Å². The first-order valence-corrected chi connectivity index (χ1v) is 11.0. The van der Waals surface area contributed by atoms with Gasteiger partial charge < -0.3 is 4.42 Å². The monoisotopic (exact) mass is 448 g/mol. The zero-order chi connectivity index (χ0) is 21.2. The van der Waals surface area contributed by atoms with Gasteiger partial charge in [-0.05, 0) is 42.0 Å². The second-order valence-electron chi connectivity index (χ2n) is 6.87. The summed E-state index contributed by atoms with van der Waals surface area (Å²) in [6.07, 6.45) is 4.84. The molecular weight excluding hydrogens is 432 g/mol. The van der Waals surface area contributed by atoms with E-state index < -0.39 is 6.17 Å². The minimum Gasteiger partial charge on any atom is -0.465 e. The molecule has 2 aliphatic rings. The van der Waals surface area contributed by atoms with Crippen LogP contribution in [-0.4, -0.2) is 22.2 Å². The Kier molecular flexibility index (Phi) is 5.36.